The number of hydrogen-bond donors (Lipinski definition) is 2. The van der Waals surface area contributed by atoms with Crippen LogP contribution in [0.5, 0.6) is 5.75 Å². The van der Waals surface area contributed by atoms with Crippen LogP contribution in [0, 0.1) is 0 Å². The molecular formula is C19H12N2O4. The Balaban J connectivity index is 1.66. The summed E-state index contributed by atoms with van der Waals surface area (Å²) in [6.45, 7) is 0. The van der Waals surface area contributed by atoms with Crippen molar-refractivity contribution in [1.82, 2.24) is 10.4 Å². The van der Waals surface area contributed by atoms with Gasteiger partial charge in [-0.15, -0.1) is 0 Å². The van der Waals surface area contributed by atoms with E-state index in [1.807, 2.05) is 12.1 Å². The Labute approximate surface area is 142 Å². The lowest BCUT2D eigenvalue weighted by Crippen LogP contribution is -2.45. The SMILES string of the molecule is O=C(NN1C(=O)c2ccccc2C1=O)c1cc2ccccc2cc1O. The van der Waals surface area contributed by atoms with Gasteiger partial charge in [-0.25, -0.2) is 0 Å². The van der Waals surface area contributed by atoms with Gasteiger partial charge in [0.05, 0.1) is 16.7 Å². The number of hydrogen-bond acceptors (Lipinski definition) is 4. The van der Waals surface area contributed by atoms with Crippen molar-refractivity contribution in [3.63, 3.8) is 0 Å². The second kappa shape index (κ2) is 5.45. The van der Waals surface area contributed by atoms with Crippen LogP contribution in [0.15, 0.2) is 60.7 Å². The Kier molecular flexibility index (Phi) is 3.25. The van der Waals surface area contributed by atoms with Gasteiger partial charge in [-0.1, -0.05) is 36.4 Å². The molecule has 0 radical (unpaired) electrons. The fourth-order valence-corrected chi connectivity index (χ4v) is 2.86. The van der Waals surface area contributed by atoms with Crippen molar-refractivity contribution >= 4 is 28.5 Å². The zero-order chi connectivity index (χ0) is 17.6. The van der Waals surface area contributed by atoms with E-state index < -0.39 is 17.7 Å². The van der Waals surface area contributed by atoms with Gasteiger partial charge < -0.3 is 5.11 Å². The third-order valence-electron chi connectivity index (χ3n) is 4.12. The van der Waals surface area contributed by atoms with Crippen LogP contribution >= 0.6 is 0 Å². The number of imide groups is 1. The van der Waals surface area contributed by atoms with Crippen molar-refractivity contribution < 1.29 is 19.5 Å². The number of rotatable bonds is 2. The number of benzene rings is 3. The summed E-state index contributed by atoms with van der Waals surface area (Å²) in [6.07, 6.45) is 0. The molecule has 0 aromatic heterocycles. The van der Waals surface area contributed by atoms with E-state index in [0.29, 0.717) is 5.01 Å². The first kappa shape index (κ1) is 14.9. The van der Waals surface area contributed by atoms with Gasteiger partial charge in [-0.2, -0.15) is 5.01 Å². The summed E-state index contributed by atoms with van der Waals surface area (Å²) < 4.78 is 0. The molecule has 6 nitrogen and oxygen atoms in total. The standard InChI is InChI=1S/C19H12N2O4/c22-16-10-12-6-2-1-5-11(12)9-15(16)17(23)20-21-18(24)13-7-3-4-8-14(13)19(21)25/h1-10,22H,(H,20,23). The highest BCUT2D eigenvalue weighted by atomic mass is 16.3. The van der Waals surface area contributed by atoms with E-state index in [2.05, 4.69) is 5.43 Å². The van der Waals surface area contributed by atoms with Crippen LogP contribution in [-0.4, -0.2) is 27.8 Å². The summed E-state index contributed by atoms with van der Waals surface area (Å²) in [5, 5.41) is 12.3. The zero-order valence-corrected chi connectivity index (χ0v) is 12.9. The molecular weight excluding hydrogens is 320 g/mol. The molecule has 4 rings (SSSR count). The molecule has 122 valence electrons. The van der Waals surface area contributed by atoms with E-state index >= 15 is 0 Å². The molecule has 0 saturated heterocycles. The quantitative estimate of drug-likeness (QED) is 0.706. The smallest absolute Gasteiger partial charge is 0.280 e. The van der Waals surface area contributed by atoms with E-state index in [4.69, 9.17) is 0 Å². The Morgan fingerprint density at radius 2 is 1.36 bits per heavy atom. The van der Waals surface area contributed by atoms with Crippen LogP contribution in [0.4, 0.5) is 0 Å². The molecule has 0 bridgehead atoms. The Bertz CT molecular complexity index is 1020. The molecule has 0 unspecified atom stereocenters. The van der Waals surface area contributed by atoms with Crippen LogP contribution in [0.1, 0.15) is 31.1 Å². The molecule has 25 heavy (non-hydrogen) atoms. The molecule has 3 aromatic carbocycles. The van der Waals surface area contributed by atoms with Crippen molar-refractivity contribution in [3.05, 3.63) is 77.4 Å². The molecule has 0 saturated carbocycles. The average Bonchev–Trinajstić information content (AvgIpc) is 2.86. The minimum atomic E-state index is -0.738. The third kappa shape index (κ3) is 2.31. The molecule has 2 N–H and O–H groups in total. The highest BCUT2D eigenvalue weighted by Crippen LogP contribution is 2.26. The number of phenolic OH excluding ortho intramolecular Hbond substituents is 1. The first-order valence-corrected chi connectivity index (χ1v) is 7.57. The van der Waals surface area contributed by atoms with E-state index in [9.17, 15) is 19.5 Å². The number of nitrogens with one attached hydrogen (secondary N) is 1. The molecule has 1 aliphatic rings. The number of nitrogens with zero attached hydrogens (tertiary/aromatic N) is 1. The summed E-state index contributed by atoms with van der Waals surface area (Å²) >= 11 is 0. The van der Waals surface area contributed by atoms with Gasteiger partial charge in [0.25, 0.3) is 17.7 Å². The fourth-order valence-electron chi connectivity index (χ4n) is 2.86. The number of carbonyl (C=O) groups is 3. The van der Waals surface area contributed by atoms with Gasteiger partial charge in [0.2, 0.25) is 0 Å². The van der Waals surface area contributed by atoms with E-state index in [1.54, 1.807) is 24.3 Å². The van der Waals surface area contributed by atoms with Gasteiger partial charge in [0, 0.05) is 0 Å². The highest BCUT2D eigenvalue weighted by molar-refractivity contribution is 6.22. The summed E-state index contributed by atoms with van der Waals surface area (Å²) in [7, 11) is 0. The fraction of sp³-hybridized carbons (Fsp3) is 0. The van der Waals surface area contributed by atoms with E-state index in [0.717, 1.165) is 10.8 Å². The number of carbonyl (C=O) groups excluding carboxylic acids is 3. The van der Waals surface area contributed by atoms with Gasteiger partial charge in [-0.3, -0.25) is 19.8 Å². The third-order valence-corrected chi connectivity index (χ3v) is 4.12. The monoisotopic (exact) mass is 332 g/mol. The number of aromatic hydroxyl groups is 1. The summed E-state index contributed by atoms with van der Waals surface area (Å²) in [5.41, 5.74) is 2.73. The van der Waals surface area contributed by atoms with Crippen molar-refractivity contribution in [3.8, 4) is 5.75 Å². The molecule has 3 aromatic rings. The lowest BCUT2D eigenvalue weighted by molar-refractivity contribution is 0.0517. The van der Waals surface area contributed by atoms with Crippen molar-refractivity contribution in [2.24, 2.45) is 0 Å². The molecule has 0 aliphatic carbocycles. The number of amides is 3. The molecule has 0 spiro atoms. The Hall–Kier alpha value is -3.67. The maximum atomic E-state index is 12.5. The largest absolute Gasteiger partial charge is 0.507 e. The molecule has 0 fully saturated rings. The van der Waals surface area contributed by atoms with Crippen molar-refractivity contribution in [1.29, 1.82) is 0 Å². The second-order valence-electron chi connectivity index (χ2n) is 5.65. The first-order valence-electron chi connectivity index (χ1n) is 7.57. The summed E-state index contributed by atoms with van der Waals surface area (Å²) in [4.78, 5) is 37.1. The van der Waals surface area contributed by atoms with Crippen molar-refractivity contribution in [2.45, 2.75) is 0 Å². The van der Waals surface area contributed by atoms with Crippen LogP contribution in [0.25, 0.3) is 10.8 Å². The Morgan fingerprint density at radius 3 is 1.96 bits per heavy atom. The zero-order valence-electron chi connectivity index (χ0n) is 12.9. The minimum absolute atomic E-state index is 0.0183. The van der Waals surface area contributed by atoms with Crippen LogP contribution < -0.4 is 5.43 Å². The Morgan fingerprint density at radius 1 is 0.840 bits per heavy atom. The number of hydrazine groups is 1. The summed E-state index contributed by atoms with van der Waals surface area (Å²) in [6, 6.07) is 16.5. The van der Waals surface area contributed by atoms with Gasteiger partial charge in [-0.05, 0) is 35.0 Å². The summed E-state index contributed by atoms with van der Waals surface area (Å²) in [5.74, 6) is -2.17. The normalized spacial score (nSPS) is 13.2. The van der Waals surface area contributed by atoms with Crippen LogP contribution in [0.2, 0.25) is 0 Å². The maximum Gasteiger partial charge on any atom is 0.280 e. The van der Waals surface area contributed by atoms with Crippen LogP contribution in [0.3, 0.4) is 0 Å². The topological polar surface area (TPSA) is 86.7 Å². The van der Waals surface area contributed by atoms with Crippen LogP contribution in [-0.2, 0) is 0 Å². The first-order chi connectivity index (χ1) is 12.1. The molecule has 6 heteroatoms. The number of phenols is 1. The van der Waals surface area contributed by atoms with Gasteiger partial charge in [0.15, 0.2) is 0 Å². The molecule has 0 atom stereocenters. The molecule has 1 heterocycles. The molecule has 3 amide bonds. The average molecular weight is 332 g/mol. The van der Waals surface area contributed by atoms with E-state index in [-0.39, 0.29) is 22.4 Å². The van der Waals surface area contributed by atoms with Gasteiger partial charge in [0.1, 0.15) is 5.75 Å². The van der Waals surface area contributed by atoms with Gasteiger partial charge >= 0.3 is 0 Å². The minimum Gasteiger partial charge on any atom is -0.507 e. The predicted octanol–water partition coefficient (Wildman–Crippen LogP) is 2.49. The highest BCUT2D eigenvalue weighted by Gasteiger charge is 2.36. The predicted molar refractivity (Wildman–Crippen MR) is 90.0 cm³/mol. The lowest BCUT2D eigenvalue weighted by Gasteiger charge is -2.16. The molecule has 1 aliphatic heterocycles. The van der Waals surface area contributed by atoms with Crippen molar-refractivity contribution in [2.75, 3.05) is 0 Å². The maximum absolute atomic E-state index is 12.5. The second-order valence-corrected chi connectivity index (χ2v) is 5.65. The number of fused-ring (bicyclic) bond motifs is 2. The van der Waals surface area contributed by atoms with E-state index in [1.165, 1.54) is 24.3 Å². The lowest BCUT2D eigenvalue weighted by atomic mass is 10.1.